The highest BCUT2D eigenvalue weighted by molar-refractivity contribution is 5.13. The first-order valence-electron chi connectivity index (χ1n) is 3.49. The molecule has 11 heavy (non-hydrogen) atoms. The van der Waals surface area contributed by atoms with Crippen LogP contribution in [0.15, 0.2) is 12.4 Å². The molecule has 1 heterocycles. The number of imidazole rings is 1. The molecule has 1 aromatic heterocycles. The van der Waals surface area contributed by atoms with Crippen LogP contribution in [0.25, 0.3) is 0 Å². The normalized spacial score (nSPS) is 11.1. The highest BCUT2D eigenvalue weighted by Gasteiger charge is 2.15. The monoisotopic (exact) mass is 149 g/mol. The van der Waals surface area contributed by atoms with Crippen LogP contribution >= 0.6 is 0 Å². The molecule has 0 unspecified atom stereocenters. The summed E-state index contributed by atoms with van der Waals surface area (Å²) in [6.07, 6.45) is 3.46. The van der Waals surface area contributed by atoms with Gasteiger partial charge >= 0.3 is 0 Å². The number of rotatable bonds is 0. The van der Waals surface area contributed by atoms with E-state index in [1.807, 2.05) is 37.6 Å². The Morgan fingerprint density at radius 1 is 1.55 bits per heavy atom. The Hall–Kier alpha value is -1.30. The van der Waals surface area contributed by atoms with E-state index in [1.54, 1.807) is 6.20 Å². The van der Waals surface area contributed by atoms with Gasteiger partial charge in [0.15, 0.2) is 0 Å². The maximum Gasteiger partial charge on any atom is 0.213 e. The van der Waals surface area contributed by atoms with Gasteiger partial charge in [-0.05, 0) is 20.8 Å². The van der Waals surface area contributed by atoms with Gasteiger partial charge in [-0.15, -0.1) is 0 Å². The summed E-state index contributed by atoms with van der Waals surface area (Å²) in [5.41, 5.74) is -0.0540. The smallest absolute Gasteiger partial charge is 0.213 e. The third-order valence-corrected chi connectivity index (χ3v) is 1.46. The minimum Gasteiger partial charge on any atom is -0.317 e. The van der Waals surface area contributed by atoms with Crippen molar-refractivity contribution in [1.29, 1.82) is 5.26 Å². The standard InChI is InChI=1S/C8H11N3/c1-8(2,3)11-5-4-10-7(11)6-9/h4-5H,1-3H3. The molecule has 1 aromatic rings. The molecule has 3 heteroatoms. The molecule has 0 atom stereocenters. The molecule has 0 saturated heterocycles. The van der Waals surface area contributed by atoms with Crippen LogP contribution in [-0.4, -0.2) is 9.55 Å². The summed E-state index contributed by atoms with van der Waals surface area (Å²) >= 11 is 0. The van der Waals surface area contributed by atoms with E-state index in [2.05, 4.69) is 4.98 Å². The van der Waals surface area contributed by atoms with Gasteiger partial charge in [0, 0.05) is 17.9 Å². The molecular formula is C8H11N3. The van der Waals surface area contributed by atoms with Crippen molar-refractivity contribution < 1.29 is 0 Å². The predicted octanol–water partition coefficient (Wildman–Crippen LogP) is 1.51. The van der Waals surface area contributed by atoms with Crippen molar-refractivity contribution in [1.82, 2.24) is 9.55 Å². The fourth-order valence-corrected chi connectivity index (χ4v) is 0.927. The average molecular weight is 149 g/mol. The highest BCUT2D eigenvalue weighted by Crippen LogP contribution is 2.14. The molecule has 0 radical (unpaired) electrons. The minimum absolute atomic E-state index is 0.0540. The van der Waals surface area contributed by atoms with Crippen molar-refractivity contribution in [3.05, 3.63) is 18.2 Å². The Kier molecular flexibility index (Phi) is 1.69. The van der Waals surface area contributed by atoms with E-state index in [0.717, 1.165) is 0 Å². The maximum absolute atomic E-state index is 8.64. The Bertz CT molecular complexity index is 285. The Morgan fingerprint density at radius 2 is 2.18 bits per heavy atom. The summed E-state index contributed by atoms with van der Waals surface area (Å²) in [6.45, 7) is 6.11. The van der Waals surface area contributed by atoms with Gasteiger partial charge in [-0.1, -0.05) is 0 Å². The van der Waals surface area contributed by atoms with Crippen LogP contribution in [0.2, 0.25) is 0 Å². The quantitative estimate of drug-likeness (QED) is 0.561. The SMILES string of the molecule is CC(C)(C)n1ccnc1C#N. The van der Waals surface area contributed by atoms with Crippen LogP contribution in [0.3, 0.4) is 0 Å². The molecule has 0 amide bonds. The highest BCUT2D eigenvalue weighted by atomic mass is 15.1. The number of nitriles is 1. The predicted molar refractivity (Wildman–Crippen MR) is 41.9 cm³/mol. The molecular weight excluding hydrogens is 138 g/mol. The lowest BCUT2D eigenvalue weighted by Crippen LogP contribution is -2.22. The van der Waals surface area contributed by atoms with Crippen LogP contribution in [-0.2, 0) is 5.54 Å². The van der Waals surface area contributed by atoms with E-state index < -0.39 is 0 Å². The molecule has 58 valence electrons. The first kappa shape index (κ1) is 7.80. The lowest BCUT2D eigenvalue weighted by molar-refractivity contribution is 0.393. The zero-order chi connectivity index (χ0) is 8.48. The zero-order valence-electron chi connectivity index (χ0n) is 7.00. The Morgan fingerprint density at radius 3 is 2.55 bits per heavy atom. The molecule has 3 nitrogen and oxygen atoms in total. The van der Waals surface area contributed by atoms with E-state index >= 15 is 0 Å². The molecule has 0 aliphatic rings. The van der Waals surface area contributed by atoms with E-state index in [0.29, 0.717) is 5.82 Å². The second-order valence-electron chi connectivity index (χ2n) is 3.40. The lowest BCUT2D eigenvalue weighted by atomic mass is 10.1. The van der Waals surface area contributed by atoms with Crippen molar-refractivity contribution in [2.75, 3.05) is 0 Å². The average Bonchev–Trinajstić information content (AvgIpc) is 2.31. The summed E-state index contributed by atoms with van der Waals surface area (Å²) in [7, 11) is 0. The minimum atomic E-state index is -0.0540. The molecule has 0 aliphatic heterocycles. The van der Waals surface area contributed by atoms with Gasteiger partial charge in [-0.2, -0.15) is 5.26 Å². The maximum atomic E-state index is 8.64. The van der Waals surface area contributed by atoms with Crippen molar-refractivity contribution in [2.24, 2.45) is 0 Å². The number of hydrogen-bond donors (Lipinski definition) is 0. The van der Waals surface area contributed by atoms with Crippen LogP contribution in [0.4, 0.5) is 0 Å². The molecule has 0 saturated carbocycles. The van der Waals surface area contributed by atoms with Gasteiger partial charge in [0.05, 0.1) is 0 Å². The summed E-state index contributed by atoms with van der Waals surface area (Å²) in [4.78, 5) is 3.90. The third-order valence-electron chi connectivity index (χ3n) is 1.46. The van der Waals surface area contributed by atoms with Crippen molar-refractivity contribution >= 4 is 0 Å². The van der Waals surface area contributed by atoms with Crippen LogP contribution in [0.1, 0.15) is 26.6 Å². The number of aromatic nitrogens is 2. The summed E-state index contributed by atoms with van der Waals surface area (Å²) in [5, 5.41) is 8.64. The third kappa shape index (κ3) is 1.40. The summed E-state index contributed by atoms with van der Waals surface area (Å²) in [5.74, 6) is 0.470. The fraction of sp³-hybridized carbons (Fsp3) is 0.500. The summed E-state index contributed by atoms with van der Waals surface area (Å²) in [6, 6.07) is 2.03. The van der Waals surface area contributed by atoms with Crippen molar-refractivity contribution in [3.8, 4) is 6.07 Å². The zero-order valence-corrected chi connectivity index (χ0v) is 7.00. The fourth-order valence-electron chi connectivity index (χ4n) is 0.927. The van der Waals surface area contributed by atoms with Crippen molar-refractivity contribution in [3.63, 3.8) is 0 Å². The van der Waals surface area contributed by atoms with Gasteiger partial charge in [-0.3, -0.25) is 0 Å². The van der Waals surface area contributed by atoms with E-state index in [4.69, 9.17) is 5.26 Å². The first-order valence-corrected chi connectivity index (χ1v) is 3.49. The van der Waals surface area contributed by atoms with Crippen LogP contribution in [0, 0.1) is 11.3 Å². The number of hydrogen-bond acceptors (Lipinski definition) is 2. The Balaban J connectivity index is 3.15. The first-order chi connectivity index (χ1) is 5.05. The Labute approximate surface area is 66.3 Å². The topological polar surface area (TPSA) is 41.6 Å². The summed E-state index contributed by atoms with van der Waals surface area (Å²) < 4.78 is 1.85. The van der Waals surface area contributed by atoms with Gasteiger partial charge in [0.1, 0.15) is 6.07 Å². The molecule has 0 aliphatic carbocycles. The number of nitrogens with zero attached hydrogens (tertiary/aromatic N) is 3. The molecule has 0 N–H and O–H groups in total. The van der Waals surface area contributed by atoms with E-state index in [1.165, 1.54) is 0 Å². The van der Waals surface area contributed by atoms with Gasteiger partial charge in [0.25, 0.3) is 0 Å². The van der Waals surface area contributed by atoms with E-state index in [-0.39, 0.29) is 5.54 Å². The van der Waals surface area contributed by atoms with Gasteiger partial charge in [-0.25, -0.2) is 4.98 Å². The van der Waals surface area contributed by atoms with Crippen LogP contribution < -0.4 is 0 Å². The molecule has 1 rings (SSSR count). The molecule has 0 bridgehead atoms. The molecule has 0 aromatic carbocycles. The molecule has 0 fully saturated rings. The van der Waals surface area contributed by atoms with Crippen molar-refractivity contribution in [2.45, 2.75) is 26.3 Å². The van der Waals surface area contributed by atoms with Gasteiger partial charge in [0.2, 0.25) is 5.82 Å². The largest absolute Gasteiger partial charge is 0.317 e. The van der Waals surface area contributed by atoms with E-state index in [9.17, 15) is 0 Å². The second kappa shape index (κ2) is 2.39. The van der Waals surface area contributed by atoms with Crippen LogP contribution in [0.5, 0.6) is 0 Å². The lowest BCUT2D eigenvalue weighted by Gasteiger charge is -2.20. The molecule has 0 spiro atoms. The second-order valence-corrected chi connectivity index (χ2v) is 3.40. The van der Waals surface area contributed by atoms with Gasteiger partial charge < -0.3 is 4.57 Å².